The van der Waals surface area contributed by atoms with Gasteiger partial charge in [-0.3, -0.25) is 4.79 Å². The van der Waals surface area contributed by atoms with Crippen LogP contribution in [0.2, 0.25) is 0 Å². The number of carboxylic acids is 1. The van der Waals surface area contributed by atoms with Crippen molar-refractivity contribution in [3.63, 3.8) is 0 Å². The molecule has 0 atom stereocenters. The van der Waals surface area contributed by atoms with Gasteiger partial charge < -0.3 is 9.52 Å². The van der Waals surface area contributed by atoms with Crippen molar-refractivity contribution in [2.24, 2.45) is 5.10 Å². The second-order valence-corrected chi connectivity index (χ2v) is 4.46. The zero-order valence-corrected chi connectivity index (χ0v) is 11.6. The topological polar surface area (TPSA) is 91.9 Å². The first-order chi connectivity index (χ1) is 9.97. The highest BCUT2D eigenvalue weighted by Gasteiger charge is 2.10. The molecule has 108 valence electrons. The van der Waals surface area contributed by atoms with E-state index < -0.39 is 5.97 Å². The molecule has 0 radical (unpaired) electrons. The van der Waals surface area contributed by atoms with Crippen LogP contribution >= 0.6 is 0 Å². The van der Waals surface area contributed by atoms with Crippen molar-refractivity contribution in [2.45, 2.75) is 13.8 Å². The number of furan rings is 1. The molecule has 0 spiro atoms. The third-order valence-corrected chi connectivity index (χ3v) is 2.78. The summed E-state index contributed by atoms with van der Waals surface area (Å²) in [5.74, 6) is -0.139. The SMILES string of the molecule is CC(=O)N/N=C\c1ccc(-c2ccc(C(=O)O)cc2C)o1. The number of carboxylic acid groups (broad SMARTS) is 1. The monoisotopic (exact) mass is 286 g/mol. The Morgan fingerprint density at radius 3 is 2.67 bits per heavy atom. The van der Waals surface area contributed by atoms with Gasteiger partial charge in [0.1, 0.15) is 11.5 Å². The normalized spacial score (nSPS) is 10.8. The first kappa shape index (κ1) is 14.5. The lowest BCUT2D eigenvalue weighted by Crippen LogP contribution is -2.12. The van der Waals surface area contributed by atoms with Gasteiger partial charge in [-0.15, -0.1) is 0 Å². The van der Waals surface area contributed by atoms with Crippen LogP contribution < -0.4 is 5.43 Å². The van der Waals surface area contributed by atoms with Gasteiger partial charge in [-0.25, -0.2) is 10.2 Å². The Labute approximate surface area is 121 Å². The molecule has 2 N–H and O–H groups in total. The summed E-state index contributed by atoms with van der Waals surface area (Å²) in [6.07, 6.45) is 1.39. The molecule has 1 aromatic heterocycles. The maximum absolute atomic E-state index is 10.9. The van der Waals surface area contributed by atoms with Crippen molar-refractivity contribution in [2.75, 3.05) is 0 Å². The molecule has 0 aliphatic rings. The van der Waals surface area contributed by atoms with Crippen molar-refractivity contribution in [3.05, 3.63) is 47.2 Å². The number of amides is 1. The van der Waals surface area contributed by atoms with E-state index in [0.29, 0.717) is 11.5 Å². The van der Waals surface area contributed by atoms with Crippen LogP contribution in [0.25, 0.3) is 11.3 Å². The van der Waals surface area contributed by atoms with Crippen LogP contribution in [0, 0.1) is 6.92 Å². The second-order valence-electron chi connectivity index (χ2n) is 4.46. The largest absolute Gasteiger partial charge is 0.478 e. The number of aromatic carboxylic acids is 1. The molecule has 0 unspecified atom stereocenters. The van der Waals surface area contributed by atoms with Gasteiger partial charge in [0.2, 0.25) is 5.91 Å². The number of carbonyl (C=O) groups excluding carboxylic acids is 1. The third kappa shape index (κ3) is 3.56. The highest BCUT2D eigenvalue weighted by molar-refractivity contribution is 5.89. The van der Waals surface area contributed by atoms with Crippen molar-refractivity contribution in [1.82, 2.24) is 5.43 Å². The first-order valence-electron chi connectivity index (χ1n) is 6.21. The summed E-state index contributed by atoms with van der Waals surface area (Å²) < 4.78 is 5.58. The van der Waals surface area contributed by atoms with E-state index >= 15 is 0 Å². The fraction of sp³-hybridized carbons (Fsp3) is 0.133. The molecule has 1 aromatic carbocycles. The summed E-state index contributed by atoms with van der Waals surface area (Å²) in [6, 6.07) is 8.29. The van der Waals surface area contributed by atoms with Crippen LogP contribution in [0.1, 0.15) is 28.6 Å². The predicted molar refractivity (Wildman–Crippen MR) is 77.3 cm³/mol. The van der Waals surface area contributed by atoms with Crippen molar-refractivity contribution in [3.8, 4) is 11.3 Å². The fourth-order valence-electron chi connectivity index (χ4n) is 1.83. The van der Waals surface area contributed by atoms with Crippen molar-refractivity contribution >= 4 is 18.1 Å². The van der Waals surface area contributed by atoms with Crippen LogP contribution in [0.3, 0.4) is 0 Å². The van der Waals surface area contributed by atoms with Gasteiger partial charge >= 0.3 is 5.97 Å². The molecular formula is C15H14N2O4. The lowest BCUT2D eigenvalue weighted by Gasteiger charge is -2.03. The van der Waals surface area contributed by atoms with E-state index in [1.54, 1.807) is 24.3 Å². The summed E-state index contributed by atoms with van der Waals surface area (Å²) in [6.45, 7) is 3.17. The summed E-state index contributed by atoms with van der Waals surface area (Å²) in [4.78, 5) is 21.6. The van der Waals surface area contributed by atoms with E-state index in [1.165, 1.54) is 19.2 Å². The minimum atomic E-state index is -0.966. The molecule has 0 aliphatic heterocycles. The lowest BCUT2D eigenvalue weighted by molar-refractivity contribution is -0.118. The minimum Gasteiger partial charge on any atom is -0.478 e. The number of hydrazone groups is 1. The molecule has 0 aliphatic carbocycles. The van der Waals surface area contributed by atoms with Gasteiger partial charge in [-0.1, -0.05) is 6.07 Å². The van der Waals surface area contributed by atoms with E-state index in [2.05, 4.69) is 10.5 Å². The third-order valence-electron chi connectivity index (χ3n) is 2.78. The van der Waals surface area contributed by atoms with Crippen LogP contribution in [-0.4, -0.2) is 23.2 Å². The molecule has 6 heteroatoms. The smallest absolute Gasteiger partial charge is 0.335 e. The molecule has 0 saturated heterocycles. The van der Waals surface area contributed by atoms with E-state index in [0.717, 1.165) is 11.1 Å². The van der Waals surface area contributed by atoms with Crippen LogP contribution in [0.15, 0.2) is 39.9 Å². The summed E-state index contributed by atoms with van der Waals surface area (Å²) in [5.41, 5.74) is 4.12. The average Bonchev–Trinajstić information content (AvgIpc) is 2.86. The average molecular weight is 286 g/mol. The summed E-state index contributed by atoms with van der Waals surface area (Å²) in [7, 11) is 0. The molecule has 1 amide bonds. The molecule has 0 saturated carbocycles. The molecule has 2 rings (SSSR count). The Bertz CT molecular complexity index is 716. The van der Waals surface area contributed by atoms with Gasteiger partial charge in [-0.2, -0.15) is 5.10 Å². The Morgan fingerprint density at radius 1 is 1.29 bits per heavy atom. The number of aryl methyl sites for hydroxylation is 1. The highest BCUT2D eigenvalue weighted by atomic mass is 16.4. The van der Waals surface area contributed by atoms with Gasteiger partial charge in [0.05, 0.1) is 11.8 Å². The summed E-state index contributed by atoms with van der Waals surface area (Å²) in [5, 5.41) is 12.7. The van der Waals surface area contributed by atoms with E-state index in [4.69, 9.17) is 9.52 Å². The maximum atomic E-state index is 10.9. The number of hydrogen-bond donors (Lipinski definition) is 2. The second kappa shape index (κ2) is 6.04. The molecule has 6 nitrogen and oxygen atoms in total. The van der Waals surface area contributed by atoms with E-state index in [1.807, 2.05) is 6.92 Å². The Balaban J connectivity index is 2.23. The van der Waals surface area contributed by atoms with Crippen LogP contribution in [-0.2, 0) is 4.79 Å². The standard InChI is InChI=1S/C15H14N2O4/c1-9-7-11(15(19)20)3-5-13(9)14-6-4-12(21-14)8-16-17-10(2)18/h3-8H,1-2H3,(H,17,18)(H,19,20)/b16-8-. The molecule has 0 bridgehead atoms. The van der Waals surface area contributed by atoms with Gasteiger partial charge in [0.15, 0.2) is 0 Å². The van der Waals surface area contributed by atoms with Crippen LogP contribution in [0.5, 0.6) is 0 Å². The summed E-state index contributed by atoms with van der Waals surface area (Å²) >= 11 is 0. The van der Waals surface area contributed by atoms with Crippen molar-refractivity contribution in [1.29, 1.82) is 0 Å². The number of carbonyl (C=O) groups is 2. The number of nitrogens with one attached hydrogen (secondary N) is 1. The minimum absolute atomic E-state index is 0.232. The Kier molecular flexibility index (Phi) is 4.18. The maximum Gasteiger partial charge on any atom is 0.335 e. The van der Waals surface area contributed by atoms with Gasteiger partial charge in [0, 0.05) is 12.5 Å². The first-order valence-corrected chi connectivity index (χ1v) is 6.21. The number of rotatable bonds is 4. The molecule has 21 heavy (non-hydrogen) atoms. The molecule has 0 fully saturated rings. The number of nitrogens with zero attached hydrogens (tertiary/aromatic N) is 1. The number of hydrogen-bond acceptors (Lipinski definition) is 4. The Hall–Kier alpha value is -2.89. The molecular weight excluding hydrogens is 272 g/mol. The predicted octanol–water partition coefficient (Wildman–Crippen LogP) is 2.42. The Morgan fingerprint density at radius 2 is 2.05 bits per heavy atom. The molecule has 2 aromatic rings. The zero-order chi connectivity index (χ0) is 15.4. The van der Waals surface area contributed by atoms with E-state index in [-0.39, 0.29) is 11.5 Å². The zero-order valence-electron chi connectivity index (χ0n) is 11.6. The van der Waals surface area contributed by atoms with Crippen LogP contribution in [0.4, 0.5) is 0 Å². The van der Waals surface area contributed by atoms with Gasteiger partial charge in [-0.05, 0) is 36.8 Å². The highest BCUT2D eigenvalue weighted by Crippen LogP contribution is 2.26. The number of benzene rings is 1. The lowest BCUT2D eigenvalue weighted by atomic mass is 10.0. The fourth-order valence-corrected chi connectivity index (χ4v) is 1.83. The quantitative estimate of drug-likeness (QED) is 0.667. The molecule has 1 heterocycles. The van der Waals surface area contributed by atoms with E-state index in [9.17, 15) is 9.59 Å². The van der Waals surface area contributed by atoms with Gasteiger partial charge in [0.25, 0.3) is 0 Å². The van der Waals surface area contributed by atoms with Crippen molar-refractivity contribution < 1.29 is 19.1 Å².